The molecule has 36 heavy (non-hydrogen) atoms. The number of anilines is 1. The third kappa shape index (κ3) is 3.11. The number of hydrogen-bond acceptors (Lipinski definition) is 10. The van der Waals surface area contributed by atoms with Crippen LogP contribution in [0.1, 0.15) is 30.9 Å². The Labute approximate surface area is 205 Å². The van der Waals surface area contributed by atoms with Crippen molar-refractivity contribution >= 4 is 34.8 Å². The molecule has 0 radical (unpaired) electrons. The number of hydrogen-bond donors (Lipinski definition) is 7. The molecule has 192 valence electrons. The third-order valence-electron chi connectivity index (χ3n) is 7.44. The van der Waals surface area contributed by atoms with E-state index in [-0.39, 0.29) is 11.3 Å². The second-order valence-corrected chi connectivity index (χ2v) is 9.66. The van der Waals surface area contributed by atoms with Crippen LogP contribution in [0.15, 0.2) is 29.0 Å². The number of primary amides is 1. The molecule has 0 heterocycles. The Morgan fingerprint density at radius 1 is 1.14 bits per heavy atom. The molecular weight excluding hydrogens is 474 g/mol. The first-order chi connectivity index (χ1) is 16.7. The van der Waals surface area contributed by atoms with Crippen LogP contribution in [-0.2, 0) is 19.2 Å². The first kappa shape index (κ1) is 25.4. The van der Waals surface area contributed by atoms with E-state index in [0.717, 1.165) is 0 Å². The van der Waals surface area contributed by atoms with Gasteiger partial charge in [0.05, 0.1) is 29.3 Å². The van der Waals surface area contributed by atoms with Crippen molar-refractivity contribution in [3.05, 3.63) is 40.2 Å². The summed E-state index contributed by atoms with van der Waals surface area (Å²) in [5.74, 6) is -10.2. The number of aliphatic hydroxyl groups excluding tert-OH is 3. The summed E-state index contributed by atoms with van der Waals surface area (Å²) in [4.78, 5) is 51.8. The molecule has 1 aromatic carbocycles. The van der Waals surface area contributed by atoms with E-state index in [1.807, 2.05) is 0 Å². The number of nitrogens with two attached hydrogens (primary N) is 1. The average Bonchev–Trinajstić information content (AvgIpc) is 2.77. The van der Waals surface area contributed by atoms with Crippen molar-refractivity contribution in [3.63, 3.8) is 0 Å². The Morgan fingerprint density at radius 2 is 1.75 bits per heavy atom. The van der Waals surface area contributed by atoms with Gasteiger partial charge in [0, 0.05) is 18.4 Å². The lowest BCUT2D eigenvalue weighted by molar-refractivity contribution is -0.169. The molecule has 1 fully saturated rings. The second kappa shape index (κ2) is 8.15. The Hall–Kier alpha value is -3.74. The van der Waals surface area contributed by atoms with Gasteiger partial charge in [0.2, 0.25) is 11.7 Å². The van der Waals surface area contributed by atoms with E-state index in [4.69, 9.17) is 5.73 Å². The van der Waals surface area contributed by atoms with Crippen LogP contribution in [0, 0.1) is 11.8 Å². The maximum atomic E-state index is 13.8. The lowest BCUT2D eigenvalue weighted by Crippen LogP contribution is -2.70. The number of amides is 2. The van der Waals surface area contributed by atoms with Crippen molar-refractivity contribution in [1.82, 2.24) is 4.90 Å². The van der Waals surface area contributed by atoms with Crippen molar-refractivity contribution in [2.24, 2.45) is 17.6 Å². The number of phenolic OH excluding ortho intramolecular Hbond substituents is 1. The largest absolute Gasteiger partial charge is 0.508 e. The van der Waals surface area contributed by atoms with Crippen LogP contribution in [0.3, 0.4) is 0 Å². The summed E-state index contributed by atoms with van der Waals surface area (Å²) < 4.78 is 0. The molecule has 0 saturated heterocycles. The third-order valence-corrected chi connectivity index (χ3v) is 7.44. The van der Waals surface area contributed by atoms with Gasteiger partial charge in [-0.25, -0.2) is 0 Å². The molecule has 0 unspecified atom stereocenters. The minimum atomic E-state index is -2.98. The summed E-state index contributed by atoms with van der Waals surface area (Å²) in [5, 5.41) is 58.4. The lowest BCUT2D eigenvalue weighted by atomic mass is 9.54. The summed E-state index contributed by atoms with van der Waals surface area (Å²) in [5.41, 5.74) is 0.918. The summed E-state index contributed by atoms with van der Waals surface area (Å²) >= 11 is 0. The van der Waals surface area contributed by atoms with E-state index in [1.165, 1.54) is 38.1 Å². The molecule has 1 aromatic rings. The smallest absolute Gasteiger partial charge is 0.255 e. The van der Waals surface area contributed by atoms with Gasteiger partial charge in [0.25, 0.3) is 5.91 Å². The molecule has 1 saturated carbocycles. The second-order valence-electron chi connectivity index (χ2n) is 9.66. The maximum Gasteiger partial charge on any atom is 0.255 e. The van der Waals surface area contributed by atoms with Crippen LogP contribution in [0.25, 0.3) is 5.76 Å². The zero-order chi connectivity index (χ0) is 27.0. The SMILES string of the molecule is CC(=O)Nc1ccc2c(c1O)C(O)=C1C(=O)[C@]3(O)C(O)=C(C(N)=O)C(=O)[C@@H](N(C)C)[C@@H]3[C@@H](O)[C@@H]1[C@H]2C. The Morgan fingerprint density at radius 3 is 2.28 bits per heavy atom. The van der Waals surface area contributed by atoms with Crippen LogP contribution < -0.4 is 11.1 Å². The van der Waals surface area contributed by atoms with Gasteiger partial charge in [-0.1, -0.05) is 13.0 Å². The highest BCUT2D eigenvalue weighted by Gasteiger charge is 2.68. The van der Waals surface area contributed by atoms with Crippen molar-refractivity contribution in [1.29, 1.82) is 0 Å². The van der Waals surface area contributed by atoms with E-state index in [0.29, 0.717) is 5.56 Å². The number of fused-ring (bicyclic) bond motifs is 3. The fourth-order valence-corrected chi connectivity index (χ4v) is 5.91. The fraction of sp³-hybridized carbons (Fsp3) is 0.417. The Balaban J connectivity index is 2.04. The van der Waals surface area contributed by atoms with Crippen molar-refractivity contribution in [2.45, 2.75) is 37.5 Å². The van der Waals surface area contributed by atoms with Gasteiger partial charge in [0.1, 0.15) is 22.8 Å². The molecule has 6 atom stereocenters. The molecule has 4 rings (SSSR count). The molecule has 2 amide bonds. The predicted octanol–water partition coefficient (Wildman–Crippen LogP) is -0.546. The topological polar surface area (TPSA) is 211 Å². The molecular formula is C24H27N3O9. The number of carbonyl (C=O) groups excluding carboxylic acids is 4. The van der Waals surface area contributed by atoms with Gasteiger partial charge >= 0.3 is 0 Å². The Bertz CT molecular complexity index is 1300. The van der Waals surface area contributed by atoms with Crippen molar-refractivity contribution in [2.75, 3.05) is 19.4 Å². The predicted molar refractivity (Wildman–Crippen MR) is 125 cm³/mol. The maximum absolute atomic E-state index is 13.8. The number of aliphatic hydroxyl groups is 4. The molecule has 8 N–H and O–H groups in total. The highest BCUT2D eigenvalue weighted by atomic mass is 16.4. The number of rotatable bonds is 3. The summed E-state index contributed by atoms with van der Waals surface area (Å²) in [6.45, 7) is 2.83. The summed E-state index contributed by atoms with van der Waals surface area (Å²) in [6, 6.07) is 1.49. The number of nitrogens with zero attached hydrogens (tertiary/aromatic N) is 1. The Kier molecular flexibility index (Phi) is 5.74. The molecule has 0 aromatic heterocycles. The number of nitrogens with one attached hydrogen (secondary N) is 1. The van der Waals surface area contributed by atoms with Crippen LogP contribution in [0.2, 0.25) is 0 Å². The van der Waals surface area contributed by atoms with Crippen LogP contribution in [0.5, 0.6) is 5.75 Å². The van der Waals surface area contributed by atoms with Crippen LogP contribution in [0.4, 0.5) is 5.69 Å². The van der Waals surface area contributed by atoms with Gasteiger partial charge in [-0.3, -0.25) is 24.1 Å². The van der Waals surface area contributed by atoms with Crippen molar-refractivity contribution < 1.29 is 44.7 Å². The fourth-order valence-electron chi connectivity index (χ4n) is 5.91. The van der Waals surface area contributed by atoms with Gasteiger partial charge in [-0.15, -0.1) is 0 Å². The first-order valence-electron chi connectivity index (χ1n) is 11.1. The highest BCUT2D eigenvalue weighted by molar-refractivity contribution is 6.24. The molecule has 12 nitrogen and oxygen atoms in total. The number of ketones is 2. The molecule has 3 aliphatic carbocycles. The average molecular weight is 501 g/mol. The van der Waals surface area contributed by atoms with Gasteiger partial charge in [-0.05, 0) is 31.6 Å². The van der Waals surface area contributed by atoms with E-state index in [9.17, 15) is 44.7 Å². The number of benzene rings is 1. The van der Waals surface area contributed by atoms with Gasteiger partial charge in [0.15, 0.2) is 11.4 Å². The van der Waals surface area contributed by atoms with Gasteiger partial charge < -0.3 is 36.6 Å². The zero-order valence-electron chi connectivity index (χ0n) is 19.9. The molecule has 3 aliphatic rings. The zero-order valence-corrected chi connectivity index (χ0v) is 19.9. The van der Waals surface area contributed by atoms with Crippen molar-refractivity contribution in [3.8, 4) is 5.75 Å². The number of likely N-dealkylation sites (N-methyl/N-ethyl adjacent to an activating group) is 1. The van der Waals surface area contributed by atoms with E-state index in [2.05, 4.69) is 5.32 Å². The number of Topliss-reactive ketones (excluding diaryl/α,β-unsaturated/α-hetero) is 2. The van der Waals surface area contributed by atoms with Gasteiger partial charge in [-0.2, -0.15) is 0 Å². The molecule has 0 bridgehead atoms. The van der Waals surface area contributed by atoms with Crippen LogP contribution in [-0.4, -0.2) is 85.7 Å². The van der Waals surface area contributed by atoms with E-state index >= 15 is 0 Å². The highest BCUT2D eigenvalue weighted by Crippen LogP contribution is 2.56. The van der Waals surface area contributed by atoms with E-state index in [1.54, 1.807) is 6.92 Å². The number of phenols is 1. The molecule has 0 spiro atoms. The summed E-state index contributed by atoms with van der Waals surface area (Å²) in [6.07, 6.45) is -1.67. The van der Waals surface area contributed by atoms with E-state index < -0.39 is 87.3 Å². The quantitative estimate of drug-likeness (QED) is 0.207. The number of aromatic hydroxyl groups is 1. The minimum absolute atomic E-state index is 0.0471. The first-order valence-corrected chi connectivity index (χ1v) is 11.1. The standard InChI is InChI=1S/C24H27N3O9/c1-7-9-5-6-10(26-8(2)28)17(29)12(9)18(30)13-11(7)19(31)15-16(27(3)4)20(32)14(23(25)35)22(34)24(15,36)21(13)33/h5-7,11,15-16,19,29-31,34,36H,1-4H3,(H2,25,35)(H,26,28)/t7-,11+,15+,16-,19-,24-/m0/s1. The normalized spacial score (nSPS) is 31.7. The number of carbonyl (C=O) groups is 4. The van der Waals surface area contributed by atoms with Crippen LogP contribution >= 0.6 is 0 Å². The summed E-state index contributed by atoms with van der Waals surface area (Å²) in [7, 11) is 2.87. The molecule has 0 aliphatic heterocycles. The lowest BCUT2D eigenvalue weighted by Gasteiger charge is -2.53. The molecule has 12 heteroatoms. The minimum Gasteiger partial charge on any atom is -0.508 e. The monoisotopic (exact) mass is 501 g/mol.